The molecule has 0 aromatic heterocycles. The summed E-state index contributed by atoms with van der Waals surface area (Å²) in [6.07, 6.45) is -0.423. The van der Waals surface area contributed by atoms with Crippen LogP contribution in [0.25, 0.3) is 0 Å². The summed E-state index contributed by atoms with van der Waals surface area (Å²) in [5.41, 5.74) is 3.28. The fraction of sp³-hybridized carbons (Fsp3) is 0.480. The minimum Gasteiger partial charge on any atom is -0.543 e. The standard InChI is InChI=1S/C25H33BrO4Si/c1-15(2)31(16(3)4,17(5)6)30-20-11-8-18(9-12-20)24-23(25(27)28-7)21-14-19(26)10-13-22(21)29-24/h8-17,23-24H,1-7H3/t23-,24-/m0/s1. The normalized spacial score (nSPS) is 18.3. The zero-order chi connectivity index (χ0) is 22.9. The lowest BCUT2D eigenvalue weighted by Gasteiger charge is -2.42. The van der Waals surface area contributed by atoms with Gasteiger partial charge in [0.05, 0.1) is 7.11 Å². The van der Waals surface area contributed by atoms with Crippen molar-refractivity contribution in [3.8, 4) is 11.5 Å². The average molecular weight is 506 g/mol. The van der Waals surface area contributed by atoms with Crippen LogP contribution in [0.5, 0.6) is 11.5 Å². The zero-order valence-electron chi connectivity index (χ0n) is 19.4. The molecule has 2 aromatic carbocycles. The van der Waals surface area contributed by atoms with Crippen molar-refractivity contribution in [2.75, 3.05) is 7.11 Å². The fourth-order valence-corrected chi connectivity index (χ4v) is 10.8. The van der Waals surface area contributed by atoms with E-state index in [1.54, 1.807) is 0 Å². The molecule has 1 aliphatic heterocycles. The molecule has 0 amide bonds. The van der Waals surface area contributed by atoms with Crippen LogP contribution in [0.4, 0.5) is 0 Å². The monoisotopic (exact) mass is 504 g/mol. The molecule has 0 fully saturated rings. The number of rotatable bonds is 7. The minimum absolute atomic E-state index is 0.298. The van der Waals surface area contributed by atoms with Gasteiger partial charge in [-0.05, 0) is 52.5 Å². The first-order valence-corrected chi connectivity index (χ1v) is 13.9. The Hall–Kier alpha value is -1.79. The van der Waals surface area contributed by atoms with E-state index in [-0.39, 0.29) is 5.97 Å². The van der Waals surface area contributed by atoms with Crippen LogP contribution in [-0.4, -0.2) is 21.4 Å². The molecule has 3 rings (SSSR count). The van der Waals surface area contributed by atoms with Crippen LogP contribution in [0, 0.1) is 0 Å². The largest absolute Gasteiger partial charge is 0.543 e. The van der Waals surface area contributed by atoms with Gasteiger partial charge < -0.3 is 13.9 Å². The maximum atomic E-state index is 12.6. The van der Waals surface area contributed by atoms with Crippen LogP contribution in [0.2, 0.25) is 16.6 Å². The smallest absolute Gasteiger partial charge is 0.317 e. The predicted octanol–water partition coefficient (Wildman–Crippen LogP) is 7.39. The highest BCUT2D eigenvalue weighted by molar-refractivity contribution is 9.10. The maximum Gasteiger partial charge on any atom is 0.317 e. The van der Waals surface area contributed by atoms with Crippen molar-refractivity contribution < 1.29 is 18.7 Å². The van der Waals surface area contributed by atoms with E-state index in [0.29, 0.717) is 16.6 Å². The number of carbonyl (C=O) groups is 1. The predicted molar refractivity (Wildman–Crippen MR) is 130 cm³/mol. The third-order valence-corrected chi connectivity index (χ3v) is 13.0. The number of hydrogen-bond acceptors (Lipinski definition) is 4. The Balaban J connectivity index is 1.91. The third-order valence-electron chi connectivity index (χ3n) is 6.53. The number of ether oxygens (including phenoxy) is 2. The Morgan fingerprint density at radius 2 is 1.55 bits per heavy atom. The molecular formula is C25H33BrO4Si. The molecular weight excluding hydrogens is 472 g/mol. The Labute approximate surface area is 195 Å². The van der Waals surface area contributed by atoms with Crippen molar-refractivity contribution in [2.45, 2.75) is 70.2 Å². The minimum atomic E-state index is -2.02. The van der Waals surface area contributed by atoms with E-state index in [2.05, 4.69) is 57.5 Å². The van der Waals surface area contributed by atoms with Gasteiger partial charge in [0.15, 0.2) is 0 Å². The number of esters is 1. The number of hydrogen-bond donors (Lipinski definition) is 0. The average Bonchev–Trinajstić information content (AvgIpc) is 3.09. The summed E-state index contributed by atoms with van der Waals surface area (Å²) in [5, 5.41) is 0. The van der Waals surface area contributed by atoms with Gasteiger partial charge in [-0.2, -0.15) is 0 Å². The highest BCUT2D eigenvalue weighted by Gasteiger charge is 2.47. The molecule has 0 bridgehead atoms. The van der Waals surface area contributed by atoms with Gasteiger partial charge >= 0.3 is 5.97 Å². The first-order chi connectivity index (χ1) is 14.6. The summed E-state index contributed by atoms with van der Waals surface area (Å²) in [6, 6.07) is 13.8. The van der Waals surface area contributed by atoms with Gasteiger partial charge in [-0.1, -0.05) is 69.6 Å². The third kappa shape index (κ3) is 4.42. The van der Waals surface area contributed by atoms with Gasteiger partial charge in [0.2, 0.25) is 0 Å². The van der Waals surface area contributed by atoms with Gasteiger partial charge in [0, 0.05) is 10.0 Å². The van der Waals surface area contributed by atoms with Crippen molar-refractivity contribution >= 4 is 30.2 Å². The van der Waals surface area contributed by atoms with Gasteiger partial charge in [-0.25, -0.2) is 0 Å². The number of methoxy groups -OCH3 is 1. The quantitative estimate of drug-likeness (QED) is 0.291. The first kappa shape index (κ1) is 23.9. The molecule has 31 heavy (non-hydrogen) atoms. The van der Waals surface area contributed by atoms with Gasteiger partial charge in [0.25, 0.3) is 8.32 Å². The summed E-state index contributed by atoms with van der Waals surface area (Å²) in [4.78, 5) is 12.6. The summed E-state index contributed by atoms with van der Waals surface area (Å²) < 4.78 is 19.0. The Bertz CT molecular complexity index is 902. The molecule has 6 heteroatoms. The summed E-state index contributed by atoms with van der Waals surface area (Å²) >= 11 is 3.49. The van der Waals surface area contributed by atoms with Crippen molar-refractivity contribution in [3.63, 3.8) is 0 Å². The van der Waals surface area contributed by atoms with Crippen LogP contribution in [0.1, 0.15) is 64.7 Å². The molecule has 0 unspecified atom stereocenters. The molecule has 0 spiro atoms. The van der Waals surface area contributed by atoms with E-state index >= 15 is 0 Å². The molecule has 0 N–H and O–H groups in total. The lowest BCUT2D eigenvalue weighted by molar-refractivity contribution is -0.144. The van der Waals surface area contributed by atoms with E-state index < -0.39 is 20.3 Å². The van der Waals surface area contributed by atoms with Crippen molar-refractivity contribution in [1.29, 1.82) is 0 Å². The molecule has 0 aliphatic carbocycles. The van der Waals surface area contributed by atoms with E-state index in [4.69, 9.17) is 13.9 Å². The van der Waals surface area contributed by atoms with Crippen molar-refractivity contribution in [3.05, 3.63) is 58.1 Å². The van der Waals surface area contributed by atoms with Gasteiger partial charge in [0.1, 0.15) is 23.5 Å². The van der Waals surface area contributed by atoms with Crippen LogP contribution in [0.15, 0.2) is 46.9 Å². The van der Waals surface area contributed by atoms with Crippen LogP contribution >= 0.6 is 15.9 Å². The van der Waals surface area contributed by atoms with E-state index in [1.807, 2.05) is 42.5 Å². The lowest BCUT2D eigenvalue weighted by Crippen LogP contribution is -2.50. The first-order valence-electron chi connectivity index (χ1n) is 10.9. The Morgan fingerprint density at radius 3 is 2.06 bits per heavy atom. The maximum absolute atomic E-state index is 12.6. The highest BCUT2D eigenvalue weighted by atomic mass is 79.9. The number of benzene rings is 2. The second-order valence-corrected chi connectivity index (χ2v) is 15.5. The summed E-state index contributed by atoms with van der Waals surface area (Å²) in [6.45, 7) is 13.7. The molecule has 0 radical (unpaired) electrons. The molecule has 2 atom stereocenters. The molecule has 0 saturated carbocycles. The molecule has 168 valence electrons. The lowest BCUT2D eigenvalue weighted by atomic mass is 9.91. The van der Waals surface area contributed by atoms with E-state index in [0.717, 1.165) is 27.1 Å². The molecule has 2 aromatic rings. The van der Waals surface area contributed by atoms with Crippen LogP contribution < -0.4 is 9.16 Å². The summed E-state index contributed by atoms with van der Waals surface area (Å²) in [5.74, 6) is 0.807. The highest BCUT2D eigenvalue weighted by Crippen LogP contribution is 2.48. The topological polar surface area (TPSA) is 44.8 Å². The second-order valence-electron chi connectivity index (χ2n) is 9.21. The molecule has 0 saturated heterocycles. The number of halogens is 1. The van der Waals surface area contributed by atoms with Crippen LogP contribution in [0.3, 0.4) is 0 Å². The molecule has 1 heterocycles. The number of fused-ring (bicyclic) bond motifs is 1. The van der Waals surface area contributed by atoms with Crippen molar-refractivity contribution in [2.24, 2.45) is 0 Å². The second kappa shape index (κ2) is 9.37. The zero-order valence-corrected chi connectivity index (χ0v) is 22.0. The van der Waals surface area contributed by atoms with E-state index in [1.165, 1.54) is 7.11 Å². The van der Waals surface area contributed by atoms with E-state index in [9.17, 15) is 4.79 Å². The van der Waals surface area contributed by atoms with Gasteiger partial charge in [-0.15, -0.1) is 0 Å². The van der Waals surface area contributed by atoms with Crippen LogP contribution in [-0.2, 0) is 9.53 Å². The Kier molecular flexibility index (Phi) is 7.21. The molecule has 4 nitrogen and oxygen atoms in total. The summed E-state index contributed by atoms with van der Waals surface area (Å²) in [7, 11) is -0.606. The van der Waals surface area contributed by atoms with Gasteiger partial charge in [-0.3, -0.25) is 4.79 Å². The number of carbonyl (C=O) groups excluding carboxylic acids is 1. The molecule has 1 aliphatic rings. The SMILES string of the molecule is COC(=O)[C@H]1c2cc(Br)ccc2O[C@H]1c1ccc(O[Si](C(C)C)(C(C)C)C(C)C)cc1. The van der Waals surface area contributed by atoms with Crippen molar-refractivity contribution in [1.82, 2.24) is 0 Å². The fourth-order valence-electron chi connectivity index (χ4n) is 5.16. The Morgan fingerprint density at radius 1 is 0.968 bits per heavy atom.